The molecule has 0 aromatic heterocycles. The molecule has 0 amide bonds. The number of ether oxygens (including phenoxy) is 3. The summed E-state index contributed by atoms with van der Waals surface area (Å²) in [6, 6.07) is 3.80. The second-order valence-electron chi connectivity index (χ2n) is 3.70. The van der Waals surface area contributed by atoms with Crippen molar-refractivity contribution < 1.29 is 14.2 Å². The van der Waals surface area contributed by atoms with Crippen LogP contribution in [0.15, 0.2) is 12.1 Å². The van der Waals surface area contributed by atoms with Gasteiger partial charge in [-0.3, -0.25) is 0 Å². The molecule has 0 radical (unpaired) electrons. The quantitative estimate of drug-likeness (QED) is 0.881. The first kappa shape index (κ1) is 15.9. The van der Waals surface area contributed by atoms with Gasteiger partial charge in [-0.25, -0.2) is 0 Å². The van der Waals surface area contributed by atoms with Crippen molar-refractivity contribution >= 4 is 12.4 Å². The minimum Gasteiger partial charge on any atom is -0.496 e. The Labute approximate surface area is 108 Å². The predicted molar refractivity (Wildman–Crippen MR) is 70.7 cm³/mol. The van der Waals surface area contributed by atoms with Crippen molar-refractivity contribution in [1.29, 1.82) is 0 Å². The summed E-state index contributed by atoms with van der Waals surface area (Å²) in [6.45, 7) is 1.95. The lowest BCUT2D eigenvalue weighted by Crippen LogP contribution is -2.18. The smallest absolute Gasteiger partial charge is 0.164 e. The topological polar surface area (TPSA) is 53.7 Å². The summed E-state index contributed by atoms with van der Waals surface area (Å²) in [5, 5.41) is 0. The maximum Gasteiger partial charge on any atom is 0.164 e. The lowest BCUT2D eigenvalue weighted by Gasteiger charge is -2.15. The van der Waals surface area contributed by atoms with Crippen LogP contribution in [0.2, 0.25) is 0 Å². The molecule has 0 saturated carbocycles. The van der Waals surface area contributed by atoms with Crippen LogP contribution in [0, 0.1) is 0 Å². The highest BCUT2D eigenvalue weighted by molar-refractivity contribution is 5.85. The minimum atomic E-state index is 0. The number of benzene rings is 1. The van der Waals surface area contributed by atoms with Crippen molar-refractivity contribution in [2.45, 2.75) is 19.4 Å². The van der Waals surface area contributed by atoms with E-state index in [1.807, 2.05) is 19.1 Å². The Balaban J connectivity index is 0.00000256. The van der Waals surface area contributed by atoms with Crippen molar-refractivity contribution in [3.8, 4) is 17.2 Å². The Morgan fingerprint density at radius 1 is 1.00 bits per heavy atom. The fourth-order valence-electron chi connectivity index (χ4n) is 1.60. The van der Waals surface area contributed by atoms with Gasteiger partial charge in [0.2, 0.25) is 0 Å². The predicted octanol–water partition coefficient (Wildman–Crippen LogP) is 2.02. The summed E-state index contributed by atoms with van der Waals surface area (Å²) < 4.78 is 15.7. The van der Waals surface area contributed by atoms with E-state index in [1.165, 1.54) is 0 Å². The van der Waals surface area contributed by atoms with Crippen LogP contribution < -0.4 is 19.9 Å². The third-order valence-electron chi connectivity index (χ3n) is 2.33. The van der Waals surface area contributed by atoms with Gasteiger partial charge in [0, 0.05) is 12.1 Å². The van der Waals surface area contributed by atoms with Gasteiger partial charge in [-0.1, -0.05) is 0 Å². The van der Waals surface area contributed by atoms with Crippen LogP contribution in [0.4, 0.5) is 0 Å². The number of nitrogens with two attached hydrogens (primary N) is 1. The third kappa shape index (κ3) is 3.98. The zero-order valence-electron chi connectivity index (χ0n) is 10.6. The third-order valence-corrected chi connectivity index (χ3v) is 2.33. The molecule has 0 spiro atoms. The standard InChI is InChI=1S/C12H19NO3.ClH/c1-8(13)5-9-6-11(15-3)12(16-4)7-10(9)14-2;/h6-8H,5,13H2,1-4H3;1H. The van der Waals surface area contributed by atoms with Gasteiger partial charge in [0.25, 0.3) is 0 Å². The first-order valence-electron chi connectivity index (χ1n) is 5.16. The van der Waals surface area contributed by atoms with E-state index in [2.05, 4.69) is 0 Å². The first-order valence-corrected chi connectivity index (χ1v) is 5.16. The van der Waals surface area contributed by atoms with E-state index < -0.39 is 0 Å². The number of halogens is 1. The van der Waals surface area contributed by atoms with Crippen molar-refractivity contribution in [3.05, 3.63) is 17.7 Å². The average Bonchev–Trinajstić information content (AvgIpc) is 2.27. The van der Waals surface area contributed by atoms with Crippen molar-refractivity contribution in [2.24, 2.45) is 5.73 Å². The van der Waals surface area contributed by atoms with Gasteiger partial charge in [0.05, 0.1) is 21.3 Å². The van der Waals surface area contributed by atoms with Gasteiger partial charge in [-0.2, -0.15) is 0 Å². The van der Waals surface area contributed by atoms with Crippen LogP contribution in [0.1, 0.15) is 12.5 Å². The largest absolute Gasteiger partial charge is 0.496 e. The maximum absolute atomic E-state index is 5.78. The number of rotatable bonds is 5. The maximum atomic E-state index is 5.78. The van der Waals surface area contributed by atoms with Crippen molar-refractivity contribution in [2.75, 3.05) is 21.3 Å². The summed E-state index contributed by atoms with van der Waals surface area (Å²) >= 11 is 0. The van der Waals surface area contributed by atoms with Gasteiger partial charge in [-0.15, -0.1) is 12.4 Å². The van der Waals surface area contributed by atoms with E-state index in [0.717, 1.165) is 17.7 Å². The molecule has 98 valence electrons. The molecule has 2 N–H and O–H groups in total. The van der Waals surface area contributed by atoms with Crippen molar-refractivity contribution in [1.82, 2.24) is 0 Å². The Morgan fingerprint density at radius 3 is 1.88 bits per heavy atom. The van der Waals surface area contributed by atoms with E-state index in [0.29, 0.717) is 11.5 Å². The van der Waals surface area contributed by atoms with Crippen LogP contribution in [-0.2, 0) is 6.42 Å². The van der Waals surface area contributed by atoms with Gasteiger partial charge in [-0.05, 0) is 25.0 Å². The molecule has 0 heterocycles. The van der Waals surface area contributed by atoms with Crippen molar-refractivity contribution in [3.63, 3.8) is 0 Å². The summed E-state index contributed by atoms with van der Waals surface area (Å²) in [5.41, 5.74) is 6.81. The van der Waals surface area contributed by atoms with Crippen LogP contribution in [0.5, 0.6) is 17.2 Å². The molecule has 0 aliphatic carbocycles. The van der Waals surface area contributed by atoms with Gasteiger partial charge in [0.1, 0.15) is 5.75 Å². The molecule has 1 rings (SSSR count). The van der Waals surface area contributed by atoms with Crippen LogP contribution >= 0.6 is 12.4 Å². The molecule has 0 fully saturated rings. The molecule has 0 aliphatic rings. The minimum absolute atomic E-state index is 0. The van der Waals surface area contributed by atoms with E-state index in [-0.39, 0.29) is 18.4 Å². The highest BCUT2D eigenvalue weighted by Crippen LogP contribution is 2.34. The van der Waals surface area contributed by atoms with Gasteiger partial charge < -0.3 is 19.9 Å². The second kappa shape index (κ2) is 7.25. The zero-order chi connectivity index (χ0) is 12.1. The van der Waals surface area contributed by atoms with Gasteiger partial charge >= 0.3 is 0 Å². The van der Waals surface area contributed by atoms with Crippen LogP contribution in [0.25, 0.3) is 0 Å². The SMILES string of the molecule is COc1cc(OC)c(OC)cc1CC(C)N.Cl. The summed E-state index contributed by atoms with van der Waals surface area (Å²) in [5.74, 6) is 2.13. The zero-order valence-corrected chi connectivity index (χ0v) is 11.5. The Kier molecular flexibility index (Phi) is 6.76. The lowest BCUT2D eigenvalue weighted by atomic mass is 10.1. The average molecular weight is 262 g/mol. The first-order chi connectivity index (χ1) is 7.62. The number of hydrogen-bond acceptors (Lipinski definition) is 4. The number of methoxy groups -OCH3 is 3. The Bertz CT molecular complexity index is 356. The highest BCUT2D eigenvalue weighted by atomic mass is 35.5. The Morgan fingerprint density at radius 2 is 1.47 bits per heavy atom. The highest BCUT2D eigenvalue weighted by Gasteiger charge is 2.12. The normalized spacial score (nSPS) is 11.4. The molecule has 0 aliphatic heterocycles. The monoisotopic (exact) mass is 261 g/mol. The summed E-state index contributed by atoms with van der Waals surface area (Å²) in [7, 11) is 4.84. The second-order valence-corrected chi connectivity index (χ2v) is 3.70. The molecule has 1 atom stereocenters. The molecule has 17 heavy (non-hydrogen) atoms. The molecular formula is C12H20ClNO3. The van der Waals surface area contributed by atoms with Gasteiger partial charge in [0.15, 0.2) is 11.5 Å². The molecule has 1 unspecified atom stereocenters. The lowest BCUT2D eigenvalue weighted by molar-refractivity contribution is 0.347. The van der Waals surface area contributed by atoms with Crippen LogP contribution in [-0.4, -0.2) is 27.4 Å². The summed E-state index contributed by atoms with van der Waals surface area (Å²) in [6.07, 6.45) is 0.740. The molecule has 4 nitrogen and oxygen atoms in total. The molecule has 0 saturated heterocycles. The van der Waals surface area contributed by atoms with E-state index in [4.69, 9.17) is 19.9 Å². The summed E-state index contributed by atoms with van der Waals surface area (Å²) in [4.78, 5) is 0. The fraction of sp³-hybridized carbons (Fsp3) is 0.500. The molecule has 1 aromatic carbocycles. The Hall–Kier alpha value is -1.13. The fourth-order valence-corrected chi connectivity index (χ4v) is 1.60. The molecule has 0 bridgehead atoms. The van der Waals surface area contributed by atoms with E-state index in [1.54, 1.807) is 21.3 Å². The molecule has 1 aromatic rings. The molecule has 5 heteroatoms. The molecular weight excluding hydrogens is 242 g/mol. The number of hydrogen-bond donors (Lipinski definition) is 1. The van der Waals surface area contributed by atoms with E-state index >= 15 is 0 Å². The van der Waals surface area contributed by atoms with E-state index in [9.17, 15) is 0 Å². The van der Waals surface area contributed by atoms with Crippen LogP contribution in [0.3, 0.4) is 0 Å².